The molecule has 4 rings (SSSR count). The standard InChI is InChI=1S/C22H20N6O/c23-21(24)18-12-27-20-6-1-14(11-17(18)20)7-10-26-22(29)16-4-2-15(3-5-16)19-8-9-25-13-28-19/h1-6,8-9,11-13,27H,7,10H2,(H3,23,24)(H,26,29). The van der Waals surface area contributed by atoms with Gasteiger partial charge in [-0.15, -0.1) is 0 Å². The topological polar surface area (TPSA) is 121 Å². The molecular weight excluding hydrogens is 364 g/mol. The van der Waals surface area contributed by atoms with E-state index in [9.17, 15) is 4.79 Å². The van der Waals surface area contributed by atoms with Crippen LogP contribution in [0.2, 0.25) is 0 Å². The molecule has 0 aliphatic carbocycles. The van der Waals surface area contributed by atoms with Crippen LogP contribution in [0.25, 0.3) is 22.2 Å². The first-order valence-corrected chi connectivity index (χ1v) is 9.21. The first-order chi connectivity index (χ1) is 14.1. The van der Waals surface area contributed by atoms with Gasteiger partial charge in [0.1, 0.15) is 12.2 Å². The fourth-order valence-corrected chi connectivity index (χ4v) is 3.22. The van der Waals surface area contributed by atoms with Crippen molar-refractivity contribution in [2.24, 2.45) is 5.73 Å². The summed E-state index contributed by atoms with van der Waals surface area (Å²) >= 11 is 0. The second-order valence-electron chi connectivity index (χ2n) is 6.67. The van der Waals surface area contributed by atoms with E-state index in [0.29, 0.717) is 24.1 Å². The molecular formula is C22H20N6O. The number of nitrogens with one attached hydrogen (secondary N) is 3. The van der Waals surface area contributed by atoms with Gasteiger partial charge >= 0.3 is 0 Å². The Morgan fingerprint density at radius 2 is 1.97 bits per heavy atom. The number of hydrogen-bond donors (Lipinski definition) is 4. The molecule has 1 amide bonds. The van der Waals surface area contributed by atoms with Crippen LogP contribution >= 0.6 is 0 Å². The van der Waals surface area contributed by atoms with E-state index in [4.69, 9.17) is 11.1 Å². The molecule has 0 aliphatic rings. The minimum Gasteiger partial charge on any atom is -0.384 e. The SMILES string of the molecule is N=C(N)c1c[nH]c2ccc(CCNC(=O)c3ccc(-c4ccncn4)cc3)cc12. The van der Waals surface area contributed by atoms with E-state index in [2.05, 4.69) is 20.3 Å². The maximum atomic E-state index is 12.4. The van der Waals surface area contributed by atoms with Gasteiger partial charge in [-0.1, -0.05) is 18.2 Å². The van der Waals surface area contributed by atoms with Crippen molar-refractivity contribution in [2.45, 2.75) is 6.42 Å². The van der Waals surface area contributed by atoms with Gasteiger partial charge in [0, 0.05) is 46.5 Å². The number of H-pyrrole nitrogens is 1. The Balaban J connectivity index is 1.38. The average molecular weight is 384 g/mol. The van der Waals surface area contributed by atoms with Gasteiger partial charge in [0.15, 0.2) is 0 Å². The number of amides is 1. The molecule has 0 fully saturated rings. The molecule has 0 saturated heterocycles. The third kappa shape index (κ3) is 3.98. The van der Waals surface area contributed by atoms with Crippen molar-refractivity contribution >= 4 is 22.6 Å². The smallest absolute Gasteiger partial charge is 0.251 e. The van der Waals surface area contributed by atoms with Gasteiger partial charge in [-0.2, -0.15) is 0 Å². The van der Waals surface area contributed by atoms with Gasteiger partial charge < -0.3 is 16.0 Å². The molecule has 0 saturated carbocycles. The number of hydrogen-bond acceptors (Lipinski definition) is 4. The summed E-state index contributed by atoms with van der Waals surface area (Å²) in [5.74, 6) is -0.0847. The van der Waals surface area contributed by atoms with Crippen molar-refractivity contribution in [1.29, 1.82) is 5.41 Å². The average Bonchev–Trinajstić information content (AvgIpc) is 3.18. The normalized spacial score (nSPS) is 10.8. The highest BCUT2D eigenvalue weighted by Gasteiger charge is 2.09. The quantitative estimate of drug-likeness (QED) is 0.302. The number of nitrogens with two attached hydrogens (primary N) is 1. The molecule has 7 nitrogen and oxygen atoms in total. The summed E-state index contributed by atoms with van der Waals surface area (Å²) in [6.45, 7) is 0.512. The van der Waals surface area contributed by atoms with Crippen LogP contribution in [0.3, 0.4) is 0 Å². The number of carbonyl (C=O) groups is 1. The maximum absolute atomic E-state index is 12.4. The van der Waals surface area contributed by atoms with Crippen LogP contribution in [0.4, 0.5) is 0 Å². The lowest BCUT2D eigenvalue weighted by Gasteiger charge is -2.07. The van der Waals surface area contributed by atoms with Crippen LogP contribution in [0, 0.1) is 5.41 Å². The van der Waals surface area contributed by atoms with Gasteiger partial charge in [-0.05, 0) is 42.3 Å². The Labute approximate surface area is 167 Å². The molecule has 2 aromatic carbocycles. The predicted molar refractivity (Wildman–Crippen MR) is 113 cm³/mol. The van der Waals surface area contributed by atoms with Crippen molar-refractivity contribution in [2.75, 3.05) is 6.54 Å². The Morgan fingerprint density at radius 1 is 1.14 bits per heavy atom. The van der Waals surface area contributed by atoms with Crippen LogP contribution < -0.4 is 11.1 Å². The lowest BCUT2D eigenvalue weighted by atomic mass is 10.1. The molecule has 144 valence electrons. The summed E-state index contributed by atoms with van der Waals surface area (Å²) in [5.41, 5.74) is 10.7. The van der Waals surface area contributed by atoms with E-state index in [1.165, 1.54) is 6.33 Å². The molecule has 0 unspecified atom stereocenters. The van der Waals surface area contributed by atoms with Gasteiger partial charge in [0.2, 0.25) is 0 Å². The third-order valence-electron chi connectivity index (χ3n) is 4.76. The van der Waals surface area contributed by atoms with Crippen molar-refractivity contribution < 1.29 is 4.79 Å². The number of fused-ring (bicyclic) bond motifs is 1. The van der Waals surface area contributed by atoms with Crippen molar-refractivity contribution in [3.05, 3.63) is 83.9 Å². The van der Waals surface area contributed by atoms with Gasteiger partial charge in [0.05, 0.1) is 5.69 Å². The fourth-order valence-electron chi connectivity index (χ4n) is 3.22. The van der Waals surface area contributed by atoms with E-state index in [-0.39, 0.29) is 11.7 Å². The minimum atomic E-state index is -0.119. The zero-order chi connectivity index (χ0) is 20.2. The summed E-state index contributed by atoms with van der Waals surface area (Å²) in [7, 11) is 0. The number of rotatable bonds is 6. The zero-order valence-electron chi connectivity index (χ0n) is 15.6. The number of amidine groups is 1. The summed E-state index contributed by atoms with van der Waals surface area (Å²) in [6.07, 6.45) is 5.61. The van der Waals surface area contributed by atoms with E-state index >= 15 is 0 Å². The molecule has 0 atom stereocenters. The minimum absolute atomic E-state index is 0.0344. The van der Waals surface area contributed by atoms with Crippen molar-refractivity contribution in [3.63, 3.8) is 0 Å². The third-order valence-corrected chi connectivity index (χ3v) is 4.76. The van der Waals surface area contributed by atoms with E-state index in [1.807, 2.05) is 36.4 Å². The Bertz CT molecular complexity index is 1170. The Morgan fingerprint density at radius 3 is 2.69 bits per heavy atom. The second kappa shape index (κ2) is 7.93. The van der Waals surface area contributed by atoms with Gasteiger partial charge in [-0.25, -0.2) is 9.97 Å². The molecule has 29 heavy (non-hydrogen) atoms. The number of aromatic amines is 1. The fraction of sp³-hybridized carbons (Fsp3) is 0.0909. The van der Waals surface area contributed by atoms with Crippen LogP contribution in [0.5, 0.6) is 0 Å². The van der Waals surface area contributed by atoms with Crippen LogP contribution in [0.15, 0.2) is 67.3 Å². The van der Waals surface area contributed by atoms with E-state index in [0.717, 1.165) is 27.7 Å². The van der Waals surface area contributed by atoms with Gasteiger partial charge in [-0.3, -0.25) is 10.2 Å². The molecule has 2 aromatic heterocycles. The molecule has 7 heteroatoms. The van der Waals surface area contributed by atoms with Crippen LogP contribution in [-0.2, 0) is 6.42 Å². The number of aromatic nitrogens is 3. The second-order valence-corrected chi connectivity index (χ2v) is 6.67. The van der Waals surface area contributed by atoms with Crippen LogP contribution in [0.1, 0.15) is 21.5 Å². The number of nitrogen functional groups attached to an aromatic ring is 1. The van der Waals surface area contributed by atoms with E-state index in [1.54, 1.807) is 24.5 Å². The predicted octanol–water partition coefficient (Wildman–Crippen LogP) is 2.88. The zero-order valence-corrected chi connectivity index (χ0v) is 15.6. The first-order valence-electron chi connectivity index (χ1n) is 9.21. The Hall–Kier alpha value is -4.00. The lowest BCUT2D eigenvalue weighted by molar-refractivity contribution is 0.0954. The summed E-state index contributed by atoms with van der Waals surface area (Å²) in [6, 6.07) is 15.1. The highest BCUT2D eigenvalue weighted by molar-refractivity contribution is 6.07. The summed E-state index contributed by atoms with van der Waals surface area (Å²) in [4.78, 5) is 23.6. The first kappa shape index (κ1) is 18.4. The highest BCUT2D eigenvalue weighted by atomic mass is 16.1. The molecule has 0 radical (unpaired) electrons. The molecule has 0 bridgehead atoms. The molecule has 0 spiro atoms. The Kier molecular flexibility index (Phi) is 5.03. The monoisotopic (exact) mass is 384 g/mol. The largest absolute Gasteiger partial charge is 0.384 e. The van der Waals surface area contributed by atoms with Crippen LogP contribution in [-0.4, -0.2) is 33.2 Å². The maximum Gasteiger partial charge on any atom is 0.251 e. The molecule has 4 aromatic rings. The van der Waals surface area contributed by atoms with Crippen molar-refractivity contribution in [3.8, 4) is 11.3 Å². The highest BCUT2D eigenvalue weighted by Crippen LogP contribution is 2.20. The molecule has 2 heterocycles. The number of carbonyl (C=O) groups excluding carboxylic acids is 1. The molecule has 0 aliphatic heterocycles. The summed E-state index contributed by atoms with van der Waals surface area (Å²) < 4.78 is 0. The van der Waals surface area contributed by atoms with Gasteiger partial charge in [0.25, 0.3) is 5.91 Å². The van der Waals surface area contributed by atoms with E-state index < -0.39 is 0 Å². The number of benzene rings is 2. The lowest BCUT2D eigenvalue weighted by Crippen LogP contribution is -2.25. The van der Waals surface area contributed by atoms with Crippen molar-refractivity contribution in [1.82, 2.24) is 20.3 Å². The molecule has 5 N–H and O–H groups in total. The number of nitrogens with zero attached hydrogens (tertiary/aromatic N) is 2. The summed E-state index contributed by atoms with van der Waals surface area (Å²) in [5, 5.41) is 11.5.